The van der Waals surface area contributed by atoms with E-state index in [2.05, 4.69) is 30.4 Å². The number of carbonyl (C=O) groups is 1. The molecule has 0 aliphatic rings. The molecule has 0 aliphatic heterocycles. The quantitative estimate of drug-likeness (QED) is 0.449. The van der Waals surface area contributed by atoms with E-state index >= 15 is 0 Å². The lowest BCUT2D eigenvalue weighted by atomic mass is 10.2. The first-order chi connectivity index (χ1) is 15.1. The van der Waals surface area contributed by atoms with Crippen molar-refractivity contribution in [1.29, 1.82) is 0 Å². The van der Waals surface area contributed by atoms with Crippen LogP contribution in [0.15, 0.2) is 49.2 Å². The number of hydrogen-bond acceptors (Lipinski definition) is 8. The van der Waals surface area contributed by atoms with E-state index in [1.54, 1.807) is 30.6 Å². The zero-order chi connectivity index (χ0) is 21.8. The Labute approximate surface area is 181 Å². The van der Waals surface area contributed by atoms with Crippen molar-refractivity contribution in [3.63, 3.8) is 0 Å². The van der Waals surface area contributed by atoms with Gasteiger partial charge in [0.1, 0.15) is 17.5 Å². The Kier molecular flexibility index (Phi) is 6.01. The third-order valence-corrected chi connectivity index (χ3v) is 4.66. The second-order valence-corrected chi connectivity index (χ2v) is 7.02. The number of halogens is 1. The number of nitrogens with one attached hydrogen (secondary N) is 1. The van der Waals surface area contributed by atoms with Crippen molar-refractivity contribution in [3.05, 3.63) is 59.8 Å². The molecule has 0 aliphatic carbocycles. The van der Waals surface area contributed by atoms with Gasteiger partial charge in [-0.25, -0.2) is 19.9 Å². The Hall–Kier alpha value is -3.63. The summed E-state index contributed by atoms with van der Waals surface area (Å²) in [7, 11) is 0. The van der Waals surface area contributed by atoms with Crippen molar-refractivity contribution in [2.24, 2.45) is 0 Å². The Bertz CT molecular complexity index is 1210. The molecule has 0 saturated heterocycles. The molecule has 0 unspecified atom stereocenters. The molecule has 31 heavy (non-hydrogen) atoms. The van der Waals surface area contributed by atoms with Gasteiger partial charge in [-0.15, -0.1) is 0 Å². The molecular formula is C20H18ClN7O3. The Morgan fingerprint density at radius 1 is 1.23 bits per heavy atom. The molecule has 1 amide bonds. The number of nitrogens with zero attached hydrogens (tertiary/aromatic N) is 6. The maximum absolute atomic E-state index is 12.7. The van der Waals surface area contributed by atoms with Crippen LogP contribution < -0.4 is 10.1 Å². The van der Waals surface area contributed by atoms with Crippen LogP contribution in [0.5, 0.6) is 5.88 Å². The number of aliphatic hydroxyl groups excluding tert-OH is 1. The number of carbonyl (C=O) groups excluding carboxylic acids is 1. The minimum absolute atomic E-state index is 0.0589. The number of anilines is 1. The van der Waals surface area contributed by atoms with E-state index in [-0.39, 0.29) is 18.9 Å². The van der Waals surface area contributed by atoms with Crippen LogP contribution in [0.25, 0.3) is 16.9 Å². The number of fused-ring (bicyclic) bond motifs is 1. The van der Waals surface area contributed by atoms with Gasteiger partial charge >= 0.3 is 0 Å². The average molecular weight is 440 g/mol. The Morgan fingerprint density at radius 3 is 2.84 bits per heavy atom. The molecule has 0 bridgehead atoms. The van der Waals surface area contributed by atoms with Gasteiger partial charge in [0.2, 0.25) is 5.88 Å². The first-order valence-corrected chi connectivity index (χ1v) is 9.75. The van der Waals surface area contributed by atoms with Gasteiger partial charge < -0.3 is 15.2 Å². The molecule has 0 spiro atoms. The number of aliphatic hydroxyl groups is 1. The molecule has 4 aromatic rings. The number of amides is 1. The summed E-state index contributed by atoms with van der Waals surface area (Å²) in [6.07, 6.45) is 5.08. The Morgan fingerprint density at radius 2 is 2.10 bits per heavy atom. The number of aromatic nitrogens is 6. The molecule has 4 rings (SSSR count). The van der Waals surface area contributed by atoms with Gasteiger partial charge in [0.05, 0.1) is 11.2 Å². The summed E-state index contributed by atoms with van der Waals surface area (Å²) in [5.74, 6) is 0.470. The highest BCUT2D eigenvalue weighted by Crippen LogP contribution is 2.26. The number of aryl methyl sites for hydroxylation is 1. The fourth-order valence-electron chi connectivity index (χ4n) is 2.85. The van der Waals surface area contributed by atoms with Gasteiger partial charge in [0.15, 0.2) is 17.6 Å². The summed E-state index contributed by atoms with van der Waals surface area (Å²) in [6, 6.07) is 6.92. The van der Waals surface area contributed by atoms with Crippen LogP contribution in [0.3, 0.4) is 0 Å². The third-order valence-electron chi connectivity index (χ3n) is 4.37. The standard InChI is InChI=1S/C20H18ClN7O3/c1-12-4-5-16(23-9-12)27-19(30)15(6-8-29)31-20-13-10-26-28(17(13)24-11-25-20)18-14(21)3-2-7-22-18/h2-5,7,9-11,15,29H,6,8H2,1H3,(H,23,27,30)/t15-/m0/s1. The molecule has 0 saturated carbocycles. The zero-order valence-corrected chi connectivity index (χ0v) is 17.2. The van der Waals surface area contributed by atoms with Crippen LogP contribution in [0.2, 0.25) is 5.02 Å². The maximum Gasteiger partial charge on any atom is 0.266 e. The number of rotatable bonds is 7. The van der Waals surface area contributed by atoms with E-state index in [0.29, 0.717) is 27.7 Å². The van der Waals surface area contributed by atoms with E-state index < -0.39 is 12.0 Å². The van der Waals surface area contributed by atoms with Crippen molar-refractivity contribution in [2.75, 3.05) is 11.9 Å². The van der Waals surface area contributed by atoms with Gasteiger partial charge in [-0.2, -0.15) is 9.78 Å². The molecule has 0 aromatic carbocycles. The largest absolute Gasteiger partial charge is 0.464 e. The molecule has 1 atom stereocenters. The van der Waals surface area contributed by atoms with Crippen LogP contribution in [-0.4, -0.2) is 53.4 Å². The highest BCUT2D eigenvalue weighted by molar-refractivity contribution is 6.32. The van der Waals surface area contributed by atoms with Gasteiger partial charge in [-0.05, 0) is 30.7 Å². The van der Waals surface area contributed by atoms with E-state index in [1.807, 2.05) is 13.0 Å². The fourth-order valence-corrected chi connectivity index (χ4v) is 3.05. The van der Waals surface area contributed by atoms with Gasteiger partial charge in [-0.1, -0.05) is 17.7 Å². The fraction of sp³-hybridized carbons (Fsp3) is 0.200. The lowest BCUT2D eigenvalue weighted by Gasteiger charge is -2.17. The first-order valence-electron chi connectivity index (χ1n) is 9.37. The molecule has 11 heteroatoms. The molecule has 158 valence electrons. The van der Waals surface area contributed by atoms with Gasteiger partial charge in [-0.3, -0.25) is 4.79 Å². The SMILES string of the molecule is Cc1ccc(NC(=O)[C@H](CCO)Oc2ncnc3c2cnn3-c2ncccc2Cl)nc1. The molecular weight excluding hydrogens is 422 g/mol. The Balaban J connectivity index is 1.62. The summed E-state index contributed by atoms with van der Waals surface area (Å²) >= 11 is 6.23. The smallest absolute Gasteiger partial charge is 0.266 e. The number of hydrogen-bond donors (Lipinski definition) is 2. The molecule has 2 N–H and O–H groups in total. The van der Waals surface area contributed by atoms with E-state index in [1.165, 1.54) is 17.2 Å². The van der Waals surface area contributed by atoms with Crippen LogP contribution in [-0.2, 0) is 4.79 Å². The minimum Gasteiger partial charge on any atom is -0.464 e. The van der Waals surface area contributed by atoms with Crippen LogP contribution in [0.4, 0.5) is 5.82 Å². The molecule has 10 nitrogen and oxygen atoms in total. The van der Waals surface area contributed by atoms with Crippen molar-refractivity contribution >= 4 is 34.4 Å². The van der Waals surface area contributed by atoms with Crippen molar-refractivity contribution in [3.8, 4) is 11.7 Å². The van der Waals surface area contributed by atoms with E-state index in [4.69, 9.17) is 16.3 Å². The summed E-state index contributed by atoms with van der Waals surface area (Å²) in [5, 5.41) is 17.3. The highest BCUT2D eigenvalue weighted by atomic mass is 35.5. The summed E-state index contributed by atoms with van der Waals surface area (Å²) in [5.41, 5.74) is 1.38. The topological polar surface area (TPSA) is 128 Å². The predicted molar refractivity (Wildman–Crippen MR) is 113 cm³/mol. The van der Waals surface area contributed by atoms with Crippen LogP contribution in [0.1, 0.15) is 12.0 Å². The van der Waals surface area contributed by atoms with Crippen molar-refractivity contribution in [1.82, 2.24) is 29.7 Å². The third kappa shape index (κ3) is 4.44. The van der Waals surface area contributed by atoms with E-state index in [9.17, 15) is 9.90 Å². The zero-order valence-electron chi connectivity index (χ0n) is 16.4. The second kappa shape index (κ2) is 9.02. The van der Waals surface area contributed by atoms with Crippen molar-refractivity contribution < 1.29 is 14.6 Å². The summed E-state index contributed by atoms with van der Waals surface area (Å²) < 4.78 is 7.31. The molecule has 0 radical (unpaired) electrons. The maximum atomic E-state index is 12.7. The minimum atomic E-state index is -1.01. The first kappa shape index (κ1) is 20.6. The van der Waals surface area contributed by atoms with Crippen LogP contribution in [0, 0.1) is 6.92 Å². The van der Waals surface area contributed by atoms with E-state index in [0.717, 1.165) is 5.56 Å². The summed E-state index contributed by atoms with van der Waals surface area (Å²) in [6.45, 7) is 1.64. The number of pyridine rings is 2. The normalized spacial score (nSPS) is 12.0. The number of ether oxygens (including phenoxy) is 1. The lowest BCUT2D eigenvalue weighted by Crippen LogP contribution is -2.34. The average Bonchev–Trinajstić information content (AvgIpc) is 3.20. The van der Waals surface area contributed by atoms with Crippen LogP contribution >= 0.6 is 11.6 Å². The molecule has 4 aromatic heterocycles. The van der Waals surface area contributed by atoms with Gasteiger partial charge in [0, 0.05) is 25.4 Å². The molecule has 4 heterocycles. The highest BCUT2D eigenvalue weighted by Gasteiger charge is 2.23. The van der Waals surface area contributed by atoms with Gasteiger partial charge in [0.25, 0.3) is 5.91 Å². The molecule has 0 fully saturated rings. The second-order valence-electron chi connectivity index (χ2n) is 6.61. The summed E-state index contributed by atoms with van der Waals surface area (Å²) in [4.78, 5) is 29.5. The monoisotopic (exact) mass is 439 g/mol. The lowest BCUT2D eigenvalue weighted by molar-refractivity contribution is -0.123. The predicted octanol–water partition coefficient (Wildman–Crippen LogP) is 2.34. The van der Waals surface area contributed by atoms with Crippen molar-refractivity contribution in [2.45, 2.75) is 19.4 Å².